The van der Waals surface area contributed by atoms with Gasteiger partial charge in [-0.25, -0.2) is 4.68 Å². The molecular formula is C18H15ClN2OS3. The monoisotopic (exact) mass is 406 g/mol. The van der Waals surface area contributed by atoms with Crippen molar-refractivity contribution >= 4 is 52.7 Å². The molecule has 0 aliphatic carbocycles. The van der Waals surface area contributed by atoms with Gasteiger partial charge >= 0.3 is 0 Å². The van der Waals surface area contributed by atoms with E-state index >= 15 is 0 Å². The molecule has 0 aliphatic rings. The Morgan fingerprint density at radius 2 is 1.96 bits per heavy atom. The second-order valence-corrected chi connectivity index (χ2v) is 8.83. The van der Waals surface area contributed by atoms with Gasteiger partial charge in [0.2, 0.25) is 0 Å². The molecule has 3 rings (SSSR count). The lowest BCUT2D eigenvalue weighted by atomic mass is 10.0. The van der Waals surface area contributed by atoms with E-state index in [1.165, 1.54) is 23.1 Å². The number of hydrogen-bond acceptors (Lipinski definition) is 5. The number of thioether (sulfide) groups is 1. The molecule has 0 saturated carbocycles. The van der Waals surface area contributed by atoms with Gasteiger partial charge in [0.15, 0.2) is 14.1 Å². The summed E-state index contributed by atoms with van der Waals surface area (Å²) >= 11 is 14.1. The molecule has 0 fully saturated rings. The number of carbonyl (C=O) groups excluding carboxylic acids is 1. The number of carbonyl (C=O) groups is 1. The predicted octanol–water partition coefficient (Wildman–Crippen LogP) is 5.91. The smallest absolute Gasteiger partial charge is 0.184 e. The molecule has 0 spiro atoms. The molecule has 0 saturated heterocycles. The summed E-state index contributed by atoms with van der Waals surface area (Å²) in [7, 11) is 0. The van der Waals surface area contributed by atoms with E-state index < -0.39 is 0 Å². The molecule has 3 aromatic rings. The van der Waals surface area contributed by atoms with Crippen molar-refractivity contribution in [2.75, 3.05) is 5.75 Å². The first-order valence-electron chi connectivity index (χ1n) is 7.53. The second kappa shape index (κ2) is 7.83. The first-order valence-corrected chi connectivity index (χ1v) is 10.1. The Morgan fingerprint density at radius 1 is 1.24 bits per heavy atom. The van der Waals surface area contributed by atoms with E-state index in [-0.39, 0.29) is 5.78 Å². The van der Waals surface area contributed by atoms with Gasteiger partial charge in [0, 0.05) is 10.6 Å². The molecule has 0 amide bonds. The van der Waals surface area contributed by atoms with Gasteiger partial charge in [-0.1, -0.05) is 52.4 Å². The van der Waals surface area contributed by atoms with Crippen LogP contribution in [0.1, 0.15) is 21.5 Å². The highest BCUT2D eigenvalue weighted by atomic mass is 35.5. The molecule has 2 aromatic carbocycles. The largest absolute Gasteiger partial charge is 0.293 e. The van der Waals surface area contributed by atoms with E-state index in [0.717, 1.165) is 26.7 Å². The standard InChI is InChI=1S/C18H15ClN2OS3/c1-11-3-4-12(2)15(9-11)16(22)10-24-17-20-21(18(23)25-17)14-7-5-13(19)6-8-14/h3-9H,10H2,1-2H3. The average molecular weight is 407 g/mol. The third-order valence-electron chi connectivity index (χ3n) is 3.62. The topological polar surface area (TPSA) is 34.9 Å². The molecule has 25 heavy (non-hydrogen) atoms. The Hall–Kier alpha value is -1.47. The molecule has 0 unspecified atom stereocenters. The van der Waals surface area contributed by atoms with Gasteiger partial charge in [-0.3, -0.25) is 4.79 Å². The van der Waals surface area contributed by atoms with Crippen LogP contribution in [0.3, 0.4) is 0 Å². The van der Waals surface area contributed by atoms with Crippen molar-refractivity contribution < 1.29 is 4.79 Å². The highest BCUT2D eigenvalue weighted by Crippen LogP contribution is 2.26. The highest BCUT2D eigenvalue weighted by molar-refractivity contribution is 8.01. The van der Waals surface area contributed by atoms with Crippen molar-refractivity contribution in [3.8, 4) is 5.69 Å². The molecule has 1 heterocycles. The van der Waals surface area contributed by atoms with E-state index in [9.17, 15) is 4.79 Å². The van der Waals surface area contributed by atoms with Crippen molar-refractivity contribution in [2.45, 2.75) is 18.2 Å². The zero-order valence-electron chi connectivity index (χ0n) is 13.7. The molecular weight excluding hydrogens is 392 g/mol. The van der Waals surface area contributed by atoms with Crippen LogP contribution < -0.4 is 0 Å². The van der Waals surface area contributed by atoms with Gasteiger partial charge in [-0.2, -0.15) is 0 Å². The fourth-order valence-electron chi connectivity index (χ4n) is 2.31. The van der Waals surface area contributed by atoms with Crippen LogP contribution in [0.15, 0.2) is 46.8 Å². The van der Waals surface area contributed by atoms with E-state index in [0.29, 0.717) is 14.7 Å². The van der Waals surface area contributed by atoms with Gasteiger partial charge in [0.1, 0.15) is 0 Å². The number of halogens is 1. The van der Waals surface area contributed by atoms with Gasteiger partial charge in [0.05, 0.1) is 11.4 Å². The first kappa shape index (κ1) is 18.3. The maximum atomic E-state index is 12.5. The van der Waals surface area contributed by atoms with E-state index in [1.54, 1.807) is 16.8 Å². The number of benzene rings is 2. The summed E-state index contributed by atoms with van der Waals surface area (Å²) in [6.07, 6.45) is 0. The van der Waals surface area contributed by atoms with Crippen LogP contribution in [-0.4, -0.2) is 21.3 Å². The Balaban J connectivity index is 1.75. The number of nitrogens with zero attached hydrogens (tertiary/aromatic N) is 2. The molecule has 1 aromatic heterocycles. The number of Topliss-reactive ketones (excluding diaryl/α,β-unsaturated/α-hetero) is 1. The van der Waals surface area contributed by atoms with Crippen molar-refractivity contribution in [3.05, 3.63) is 68.1 Å². The van der Waals surface area contributed by atoms with E-state index in [1.807, 2.05) is 44.2 Å². The molecule has 3 nitrogen and oxygen atoms in total. The zero-order chi connectivity index (χ0) is 18.0. The Bertz CT molecular complexity index is 977. The number of hydrogen-bond donors (Lipinski definition) is 0. The molecule has 0 atom stereocenters. The Kier molecular flexibility index (Phi) is 5.74. The summed E-state index contributed by atoms with van der Waals surface area (Å²) in [5, 5.41) is 5.18. The van der Waals surface area contributed by atoms with Crippen molar-refractivity contribution in [2.24, 2.45) is 0 Å². The fourth-order valence-corrected chi connectivity index (χ4v) is 4.68. The van der Waals surface area contributed by atoms with Crippen LogP contribution in [0.2, 0.25) is 5.02 Å². The lowest BCUT2D eigenvalue weighted by molar-refractivity contribution is 0.102. The van der Waals surface area contributed by atoms with Gasteiger partial charge < -0.3 is 0 Å². The minimum absolute atomic E-state index is 0.102. The van der Waals surface area contributed by atoms with Crippen LogP contribution in [0.5, 0.6) is 0 Å². The SMILES string of the molecule is Cc1ccc(C)c(C(=O)CSc2nn(-c3ccc(Cl)cc3)c(=S)s2)c1. The summed E-state index contributed by atoms with van der Waals surface area (Å²) in [5.41, 5.74) is 3.71. The van der Waals surface area contributed by atoms with Gasteiger partial charge in [-0.05, 0) is 62.0 Å². The summed E-state index contributed by atoms with van der Waals surface area (Å²) < 4.78 is 3.11. The summed E-state index contributed by atoms with van der Waals surface area (Å²) in [6, 6.07) is 13.3. The van der Waals surface area contributed by atoms with Crippen LogP contribution in [0, 0.1) is 17.8 Å². The first-order chi connectivity index (χ1) is 11.9. The minimum atomic E-state index is 0.102. The van der Waals surface area contributed by atoms with Crippen LogP contribution in [-0.2, 0) is 0 Å². The number of ketones is 1. The maximum Gasteiger partial charge on any atom is 0.184 e. The van der Waals surface area contributed by atoms with Crippen LogP contribution in [0.4, 0.5) is 0 Å². The summed E-state index contributed by atoms with van der Waals surface area (Å²) in [4.78, 5) is 12.5. The normalized spacial score (nSPS) is 10.8. The van der Waals surface area contributed by atoms with Crippen molar-refractivity contribution in [3.63, 3.8) is 0 Å². The molecule has 128 valence electrons. The minimum Gasteiger partial charge on any atom is -0.293 e. The fraction of sp³-hybridized carbons (Fsp3) is 0.167. The Labute approximate surface area is 164 Å². The number of rotatable bonds is 5. The maximum absolute atomic E-state index is 12.5. The van der Waals surface area contributed by atoms with Crippen LogP contribution in [0.25, 0.3) is 5.69 Å². The van der Waals surface area contributed by atoms with Crippen molar-refractivity contribution in [1.82, 2.24) is 9.78 Å². The molecule has 0 bridgehead atoms. The summed E-state index contributed by atoms with van der Waals surface area (Å²) in [6.45, 7) is 3.94. The zero-order valence-corrected chi connectivity index (χ0v) is 16.9. The Morgan fingerprint density at radius 3 is 2.68 bits per heavy atom. The van der Waals surface area contributed by atoms with Crippen LogP contribution >= 0.6 is 46.9 Å². The quantitative estimate of drug-likeness (QED) is 0.300. The molecule has 0 radical (unpaired) electrons. The van der Waals surface area contributed by atoms with E-state index in [4.69, 9.17) is 23.8 Å². The third kappa shape index (κ3) is 4.39. The van der Waals surface area contributed by atoms with Crippen molar-refractivity contribution in [1.29, 1.82) is 0 Å². The lowest BCUT2D eigenvalue weighted by Crippen LogP contribution is -2.05. The molecule has 0 N–H and O–H groups in total. The summed E-state index contributed by atoms with van der Waals surface area (Å²) in [5.74, 6) is 0.443. The lowest BCUT2D eigenvalue weighted by Gasteiger charge is -2.05. The average Bonchev–Trinajstić information content (AvgIpc) is 2.96. The third-order valence-corrected chi connectivity index (χ3v) is 6.24. The van der Waals surface area contributed by atoms with Gasteiger partial charge in [-0.15, -0.1) is 5.10 Å². The number of aryl methyl sites for hydroxylation is 2. The molecule has 0 aliphatic heterocycles. The predicted molar refractivity (Wildman–Crippen MR) is 108 cm³/mol. The second-order valence-electron chi connectivity index (χ2n) is 5.55. The van der Waals surface area contributed by atoms with Gasteiger partial charge in [0.25, 0.3) is 0 Å². The van der Waals surface area contributed by atoms with E-state index in [2.05, 4.69) is 5.10 Å². The highest BCUT2D eigenvalue weighted by Gasteiger charge is 2.13. The molecule has 7 heteroatoms. The number of aromatic nitrogens is 2.